The van der Waals surface area contributed by atoms with E-state index in [4.69, 9.17) is 14.5 Å². The second-order valence-electron chi connectivity index (χ2n) is 8.89. The van der Waals surface area contributed by atoms with Gasteiger partial charge in [0.2, 0.25) is 0 Å². The minimum absolute atomic E-state index is 0.217. The Hall–Kier alpha value is -3.19. The molecule has 2 unspecified atom stereocenters. The Balaban J connectivity index is 1.64. The molecule has 6 nitrogen and oxygen atoms in total. The summed E-state index contributed by atoms with van der Waals surface area (Å²) in [7, 11) is 0. The van der Waals surface area contributed by atoms with E-state index < -0.39 is 18.1 Å². The molecule has 0 aliphatic carbocycles. The van der Waals surface area contributed by atoms with Crippen molar-refractivity contribution in [1.82, 2.24) is 4.98 Å². The molecule has 1 aliphatic rings. The minimum atomic E-state index is -0.712. The lowest BCUT2D eigenvalue weighted by atomic mass is 10.0. The van der Waals surface area contributed by atoms with Crippen LogP contribution < -0.4 is 9.64 Å². The van der Waals surface area contributed by atoms with Crippen LogP contribution in [0.15, 0.2) is 53.9 Å². The number of anilines is 1. The van der Waals surface area contributed by atoms with Crippen LogP contribution in [0.25, 0.3) is 11.3 Å². The number of thiazole rings is 1. The first-order valence-electron chi connectivity index (χ1n) is 11.7. The van der Waals surface area contributed by atoms with Gasteiger partial charge in [-0.1, -0.05) is 51.1 Å². The molecule has 2 heterocycles. The first-order valence-corrected chi connectivity index (χ1v) is 12.5. The molecule has 2 atom stereocenters. The molecule has 0 N–H and O–H groups in total. The Kier molecular flexibility index (Phi) is 7.32. The van der Waals surface area contributed by atoms with Crippen molar-refractivity contribution in [3.63, 3.8) is 0 Å². The zero-order valence-electron chi connectivity index (χ0n) is 20.0. The molecule has 1 amide bonds. The number of rotatable bonds is 8. The van der Waals surface area contributed by atoms with E-state index in [2.05, 4.69) is 12.1 Å². The third-order valence-electron chi connectivity index (χ3n) is 5.68. The molecule has 34 heavy (non-hydrogen) atoms. The Labute approximate surface area is 204 Å². The highest BCUT2D eigenvalue weighted by Crippen LogP contribution is 2.39. The van der Waals surface area contributed by atoms with Crippen LogP contribution in [0.4, 0.5) is 5.69 Å². The van der Waals surface area contributed by atoms with Gasteiger partial charge in [0, 0.05) is 17.4 Å². The lowest BCUT2D eigenvalue weighted by molar-refractivity contribution is -0.148. The summed E-state index contributed by atoms with van der Waals surface area (Å²) in [5, 5.41) is 3.03. The van der Waals surface area contributed by atoms with Gasteiger partial charge in [0.1, 0.15) is 11.8 Å². The van der Waals surface area contributed by atoms with Crippen molar-refractivity contribution in [3.8, 4) is 17.0 Å². The summed E-state index contributed by atoms with van der Waals surface area (Å²) in [6, 6.07) is 15.2. The number of carbonyl (C=O) groups excluding carboxylic acids is 2. The molecular formula is C27H30N2O4S. The predicted octanol–water partition coefficient (Wildman–Crippen LogP) is 5.49. The van der Waals surface area contributed by atoms with Crippen molar-refractivity contribution in [2.45, 2.75) is 52.7 Å². The van der Waals surface area contributed by atoms with E-state index in [1.54, 1.807) is 23.2 Å². The molecule has 0 spiro atoms. The average Bonchev–Trinajstić information content (AvgIpc) is 3.29. The lowest BCUT2D eigenvalue weighted by Crippen LogP contribution is -2.53. The van der Waals surface area contributed by atoms with Crippen LogP contribution >= 0.6 is 11.3 Å². The molecule has 7 heteroatoms. The highest BCUT2D eigenvalue weighted by atomic mass is 32.1. The van der Waals surface area contributed by atoms with E-state index in [1.807, 2.05) is 62.5 Å². The number of nitrogens with zero attached hydrogens (tertiary/aromatic N) is 2. The number of hydrogen-bond donors (Lipinski definition) is 0. The number of hydrogen-bond acceptors (Lipinski definition) is 6. The smallest absolute Gasteiger partial charge is 0.329 e. The van der Waals surface area contributed by atoms with Gasteiger partial charge in [-0.05, 0) is 43.0 Å². The Morgan fingerprint density at radius 1 is 1.21 bits per heavy atom. The van der Waals surface area contributed by atoms with E-state index in [0.717, 1.165) is 22.7 Å². The van der Waals surface area contributed by atoms with Gasteiger partial charge in [-0.3, -0.25) is 9.69 Å². The number of aromatic nitrogens is 1. The lowest BCUT2D eigenvalue weighted by Gasteiger charge is -2.37. The SMILES string of the molecule is CCC(C(=O)OCC(C)C)N1C(=O)C(C)Oc2ccc(-c3csc(Cc4ccccc4)n3)cc21. The van der Waals surface area contributed by atoms with Crippen molar-refractivity contribution in [1.29, 1.82) is 0 Å². The van der Waals surface area contributed by atoms with Crippen molar-refractivity contribution < 1.29 is 19.1 Å². The molecule has 178 valence electrons. The van der Waals surface area contributed by atoms with E-state index in [-0.39, 0.29) is 11.8 Å². The van der Waals surface area contributed by atoms with Gasteiger partial charge in [-0.25, -0.2) is 9.78 Å². The minimum Gasteiger partial charge on any atom is -0.479 e. The van der Waals surface area contributed by atoms with Crippen molar-refractivity contribution in [2.24, 2.45) is 5.92 Å². The fraction of sp³-hybridized carbons (Fsp3) is 0.370. The zero-order chi connectivity index (χ0) is 24.2. The van der Waals surface area contributed by atoms with Gasteiger partial charge in [-0.15, -0.1) is 11.3 Å². The van der Waals surface area contributed by atoms with Gasteiger partial charge in [0.25, 0.3) is 5.91 Å². The molecule has 4 rings (SSSR count). The molecule has 0 fully saturated rings. The Bertz CT molecular complexity index is 1160. The highest BCUT2D eigenvalue weighted by molar-refractivity contribution is 7.10. The second kappa shape index (κ2) is 10.4. The summed E-state index contributed by atoms with van der Waals surface area (Å²) in [5.74, 6) is 0.148. The van der Waals surface area contributed by atoms with Crippen LogP contribution in [-0.2, 0) is 20.7 Å². The fourth-order valence-corrected chi connectivity index (χ4v) is 4.77. The molecular weight excluding hydrogens is 448 g/mol. The first-order chi connectivity index (χ1) is 16.4. The van der Waals surface area contributed by atoms with E-state index in [0.29, 0.717) is 24.5 Å². The molecule has 1 aliphatic heterocycles. The number of amides is 1. The largest absolute Gasteiger partial charge is 0.479 e. The second-order valence-corrected chi connectivity index (χ2v) is 9.83. The summed E-state index contributed by atoms with van der Waals surface area (Å²) < 4.78 is 11.4. The summed E-state index contributed by atoms with van der Waals surface area (Å²) in [4.78, 5) is 32.4. The van der Waals surface area contributed by atoms with Crippen molar-refractivity contribution in [2.75, 3.05) is 11.5 Å². The van der Waals surface area contributed by atoms with Gasteiger partial charge in [-0.2, -0.15) is 0 Å². The van der Waals surface area contributed by atoms with Crippen LogP contribution in [0.5, 0.6) is 5.75 Å². The molecule has 2 aromatic carbocycles. The van der Waals surface area contributed by atoms with Crippen molar-refractivity contribution >= 4 is 28.9 Å². The number of esters is 1. The molecule has 0 bridgehead atoms. The van der Waals surface area contributed by atoms with Gasteiger partial charge < -0.3 is 9.47 Å². The maximum absolute atomic E-state index is 13.2. The maximum Gasteiger partial charge on any atom is 0.329 e. The van der Waals surface area contributed by atoms with Gasteiger partial charge in [0.15, 0.2) is 6.10 Å². The van der Waals surface area contributed by atoms with Crippen LogP contribution in [0.3, 0.4) is 0 Å². The summed E-state index contributed by atoms with van der Waals surface area (Å²) >= 11 is 1.61. The molecule has 1 aromatic heterocycles. The summed E-state index contributed by atoms with van der Waals surface area (Å²) in [6.45, 7) is 7.87. The summed E-state index contributed by atoms with van der Waals surface area (Å²) in [6.07, 6.45) is 0.528. The van der Waals surface area contributed by atoms with E-state index in [1.165, 1.54) is 5.56 Å². The molecule has 0 saturated carbocycles. The highest BCUT2D eigenvalue weighted by Gasteiger charge is 2.39. The van der Waals surface area contributed by atoms with Crippen LogP contribution in [0.2, 0.25) is 0 Å². The van der Waals surface area contributed by atoms with E-state index >= 15 is 0 Å². The van der Waals surface area contributed by atoms with Crippen LogP contribution in [0, 0.1) is 5.92 Å². The van der Waals surface area contributed by atoms with Crippen molar-refractivity contribution in [3.05, 3.63) is 64.5 Å². The zero-order valence-corrected chi connectivity index (χ0v) is 20.8. The topological polar surface area (TPSA) is 68.7 Å². The molecule has 0 radical (unpaired) electrons. The summed E-state index contributed by atoms with van der Waals surface area (Å²) in [5.41, 5.74) is 3.49. The molecule has 0 saturated heterocycles. The quantitative estimate of drug-likeness (QED) is 0.400. The number of fused-ring (bicyclic) bond motifs is 1. The average molecular weight is 479 g/mol. The fourth-order valence-electron chi connectivity index (χ4n) is 3.94. The van der Waals surface area contributed by atoms with Gasteiger partial charge >= 0.3 is 5.97 Å². The number of ether oxygens (including phenoxy) is 2. The van der Waals surface area contributed by atoms with Gasteiger partial charge in [0.05, 0.1) is 23.0 Å². The van der Waals surface area contributed by atoms with Crippen LogP contribution in [-0.4, -0.2) is 35.6 Å². The monoisotopic (exact) mass is 478 g/mol. The Morgan fingerprint density at radius 2 is 1.97 bits per heavy atom. The van der Waals surface area contributed by atoms with Crippen LogP contribution in [0.1, 0.15) is 44.7 Å². The predicted molar refractivity (Wildman–Crippen MR) is 134 cm³/mol. The Morgan fingerprint density at radius 3 is 2.68 bits per heavy atom. The third kappa shape index (κ3) is 5.14. The number of benzene rings is 2. The standard InChI is InChI=1S/C27H30N2O4S/c1-5-22(27(31)32-15-17(2)3)29-23-14-20(11-12-24(23)33-18(4)26(29)30)21-16-34-25(28-21)13-19-9-7-6-8-10-19/h6-12,14,16-18,22H,5,13,15H2,1-4H3. The first kappa shape index (κ1) is 24.0. The normalized spacial score (nSPS) is 16.2. The molecule has 3 aromatic rings. The maximum atomic E-state index is 13.2. The van der Waals surface area contributed by atoms with E-state index in [9.17, 15) is 9.59 Å². The third-order valence-corrected chi connectivity index (χ3v) is 6.53. The number of carbonyl (C=O) groups is 2.